The zero-order valence-electron chi connectivity index (χ0n) is 14.2. The quantitative estimate of drug-likeness (QED) is 0.644. The Balaban J connectivity index is 1.69. The van der Waals surface area contributed by atoms with Crippen LogP contribution in [0.2, 0.25) is 0 Å². The number of benzene rings is 2. The molecule has 0 aromatic heterocycles. The SMILES string of the molecule is Cc1ccccc1OCCCNC(=O)c1ccc(CNC(N)=O)cc1. The first kappa shape index (κ1) is 18.3. The molecule has 132 valence electrons. The van der Waals surface area contributed by atoms with Crippen LogP contribution in [0.25, 0.3) is 0 Å². The second-order valence-corrected chi connectivity index (χ2v) is 5.64. The molecule has 3 amide bonds. The minimum Gasteiger partial charge on any atom is -0.493 e. The number of carbonyl (C=O) groups excluding carboxylic acids is 2. The summed E-state index contributed by atoms with van der Waals surface area (Å²) >= 11 is 0. The van der Waals surface area contributed by atoms with E-state index in [0.29, 0.717) is 25.3 Å². The maximum absolute atomic E-state index is 12.1. The van der Waals surface area contributed by atoms with Crippen LogP contribution in [0.1, 0.15) is 27.9 Å². The van der Waals surface area contributed by atoms with Gasteiger partial charge in [-0.05, 0) is 42.7 Å². The van der Waals surface area contributed by atoms with E-state index in [1.807, 2.05) is 31.2 Å². The maximum Gasteiger partial charge on any atom is 0.312 e. The Bertz CT molecular complexity index is 714. The van der Waals surface area contributed by atoms with Crippen molar-refractivity contribution >= 4 is 11.9 Å². The highest BCUT2D eigenvalue weighted by Gasteiger charge is 2.05. The van der Waals surface area contributed by atoms with Crippen LogP contribution in [0.5, 0.6) is 5.75 Å². The maximum atomic E-state index is 12.1. The topological polar surface area (TPSA) is 93.4 Å². The Kier molecular flexibility index (Phi) is 6.83. The van der Waals surface area contributed by atoms with Gasteiger partial charge < -0.3 is 21.1 Å². The minimum atomic E-state index is -0.574. The number of ether oxygens (including phenoxy) is 1. The van der Waals surface area contributed by atoms with E-state index in [2.05, 4.69) is 10.6 Å². The van der Waals surface area contributed by atoms with Gasteiger partial charge in [0, 0.05) is 18.7 Å². The first-order valence-electron chi connectivity index (χ1n) is 8.15. The molecule has 0 saturated heterocycles. The number of nitrogens with two attached hydrogens (primary N) is 1. The molecular weight excluding hydrogens is 318 g/mol. The molecule has 0 spiro atoms. The zero-order valence-corrected chi connectivity index (χ0v) is 14.2. The van der Waals surface area contributed by atoms with Gasteiger partial charge in [0.05, 0.1) is 6.61 Å². The average Bonchev–Trinajstić information content (AvgIpc) is 2.61. The van der Waals surface area contributed by atoms with Gasteiger partial charge in [0.15, 0.2) is 0 Å². The van der Waals surface area contributed by atoms with E-state index in [4.69, 9.17) is 10.5 Å². The summed E-state index contributed by atoms with van der Waals surface area (Å²) in [6, 6.07) is 14.3. The predicted molar refractivity (Wildman–Crippen MR) is 96.5 cm³/mol. The van der Waals surface area contributed by atoms with Gasteiger partial charge in [-0.2, -0.15) is 0 Å². The Morgan fingerprint density at radius 2 is 1.76 bits per heavy atom. The second kappa shape index (κ2) is 9.32. The van der Waals surface area contributed by atoms with Crippen molar-refractivity contribution in [3.8, 4) is 5.75 Å². The molecule has 4 N–H and O–H groups in total. The van der Waals surface area contributed by atoms with Gasteiger partial charge in [-0.1, -0.05) is 30.3 Å². The van der Waals surface area contributed by atoms with Crippen molar-refractivity contribution in [2.45, 2.75) is 19.9 Å². The fraction of sp³-hybridized carbons (Fsp3) is 0.263. The second-order valence-electron chi connectivity index (χ2n) is 5.64. The number of rotatable bonds is 8. The van der Waals surface area contributed by atoms with Crippen LogP contribution in [0.4, 0.5) is 4.79 Å². The van der Waals surface area contributed by atoms with Crippen LogP contribution in [0, 0.1) is 6.92 Å². The van der Waals surface area contributed by atoms with E-state index in [1.165, 1.54) is 0 Å². The predicted octanol–water partition coefficient (Wildman–Crippen LogP) is 2.36. The highest BCUT2D eigenvalue weighted by Crippen LogP contribution is 2.16. The standard InChI is InChI=1S/C19H23N3O3/c1-14-5-2-3-6-17(14)25-12-4-11-21-18(23)16-9-7-15(8-10-16)13-22-19(20)24/h2-3,5-10H,4,11-13H2,1H3,(H,21,23)(H3,20,22,24). The van der Waals surface area contributed by atoms with Crippen molar-refractivity contribution in [2.75, 3.05) is 13.2 Å². The number of primary amides is 1. The lowest BCUT2D eigenvalue weighted by atomic mass is 10.1. The molecule has 0 aliphatic heterocycles. The van der Waals surface area contributed by atoms with Crippen molar-refractivity contribution in [1.29, 1.82) is 0 Å². The van der Waals surface area contributed by atoms with Crippen LogP contribution >= 0.6 is 0 Å². The molecular formula is C19H23N3O3. The van der Waals surface area contributed by atoms with E-state index in [-0.39, 0.29) is 5.91 Å². The number of urea groups is 1. The number of aryl methyl sites for hydroxylation is 1. The summed E-state index contributed by atoms with van der Waals surface area (Å²) in [5.41, 5.74) is 7.56. The molecule has 0 atom stereocenters. The van der Waals surface area contributed by atoms with Gasteiger partial charge >= 0.3 is 6.03 Å². The molecule has 0 saturated carbocycles. The van der Waals surface area contributed by atoms with Gasteiger partial charge in [0.25, 0.3) is 5.91 Å². The van der Waals surface area contributed by atoms with E-state index < -0.39 is 6.03 Å². The smallest absolute Gasteiger partial charge is 0.312 e. The van der Waals surface area contributed by atoms with Crippen molar-refractivity contribution in [1.82, 2.24) is 10.6 Å². The van der Waals surface area contributed by atoms with Crippen LogP contribution in [0.15, 0.2) is 48.5 Å². The molecule has 0 aliphatic carbocycles. The highest BCUT2D eigenvalue weighted by molar-refractivity contribution is 5.94. The van der Waals surface area contributed by atoms with Gasteiger partial charge in [-0.15, -0.1) is 0 Å². The van der Waals surface area contributed by atoms with E-state index >= 15 is 0 Å². The lowest BCUT2D eigenvalue weighted by Crippen LogP contribution is -2.28. The Morgan fingerprint density at radius 3 is 2.44 bits per heavy atom. The third kappa shape index (κ3) is 6.18. The third-order valence-electron chi connectivity index (χ3n) is 3.64. The zero-order chi connectivity index (χ0) is 18.1. The molecule has 2 aromatic rings. The summed E-state index contributed by atoms with van der Waals surface area (Å²) in [7, 11) is 0. The summed E-state index contributed by atoms with van der Waals surface area (Å²) < 4.78 is 5.69. The molecule has 0 radical (unpaired) electrons. The van der Waals surface area contributed by atoms with Crippen LogP contribution in [0.3, 0.4) is 0 Å². The highest BCUT2D eigenvalue weighted by atomic mass is 16.5. The summed E-state index contributed by atoms with van der Waals surface area (Å²) in [6.07, 6.45) is 0.723. The summed E-state index contributed by atoms with van der Waals surface area (Å²) in [5.74, 6) is 0.735. The molecule has 2 rings (SSSR count). The number of hydrogen-bond donors (Lipinski definition) is 3. The molecule has 6 nitrogen and oxygen atoms in total. The molecule has 2 aromatic carbocycles. The Labute approximate surface area is 147 Å². The monoisotopic (exact) mass is 341 g/mol. The number of hydrogen-bond acceptors (Lipinski definition) is 3. The fourth-order valence-electron chi connectivity index (χ4n) is 2.24. The van der Waals surface area contributed by atoms with E-state index in [1.54, 1.807) is 24.3 Å². The molecule has 0 fully saturated rings. The van der Waals surface area contributed by atoms with Crippen LogP contribution < -0.4 is 21.1 Å². The number of amides is 3. The summed E-state index contributed by atoms with van der Waals surface area (Å²) in [5, 5.41) is 5.36. The van der Waals surface area contributed by atoms with Gasteiger partial charge in [-0.3, -0.25) is 4.79 Å². The Hall–Kier alpha value is -3.02. The van der Waals surface area contributed by atoms with E-state index in [9.17, 15) is 9.59 Å². The molecule has 6 heteroatoms. The van der Waals surface area contributed by atoms with Crippen molar-refractivity contribution < 1.29 is 14.3 Å². The number of nitrogens with one attached hydrogen (secondary N) is 2. The molecule has 0 heterocycles. The van der Waals surface area contributed by atoms with Gasteiger partial charge in [0.2, 0.25) is 0 Å². The first-order chi connectivity index (χ1) is 12.1. The fourth-order valence-corrected chi connectivity index (χ4v) is 2.24. The van der Waals surface area contributed by atoms with Crippen LogP contribution in [-0.4, -0.2) is 25.1 Å². The lowest BCUT2D eigenvalue weighted by molar-refractivity contribution is 0.0951. The van der Waals surface area contributed by atoms with Crippen molar-refractivity contribution in [2.24, 2.45) is 5.73 Å². The normalized spacial score (nSPS) is 10.1. The van der Waals surface area contributed by atoms with Crippen molar-refractivity contribution in [3.05, 3.63) is 65.2 Å². The van der Waals surface area contributed by atoms with Crippen molar-refractivity contribution in [3.63, 3.8) is 0 Å². The van der Waals surface area contributed by atoms with Crippen LogP contribution in [-0.2, 0) is 6.54 Å². The average molecular weight is 341 g/mol. The first-order valence-corrected chi connectivity index (χ1v) is 8.15. The third-order valence-corrected chi connectivity index (χ3v) is 3.64. The van der Waals surface area contributed by atoms with Gasteiger partial charge in [0.1, 0.15) is 5.75 Å². The lowest BCUT2D eigenvalue weighted by Gasteiger charge is -2.09. The summed E-state index contributed by atoms with van der Waals surface area (Å²) in [6.45, 7) is 3.42. The van der Waals surface area contributed by atoms with Gasteiger partial charge in [-0.25, -0.2) is 4.79 Å². The van der Waals surface area contributed by atoms with E-state index in [0.717, 1.165) is 23.3 Å². The molecule has 0 aliphatic rings. The molecule has 0 bridgehead atoms. The summed E-state index contributed by atoms with van der Waals surface area (Å²) in [4.78, 5) is 22.7. The largest absolute Gasteiger partial charge is 0.493 e. The molecule has 25 heavy (non-hydrogen) atoms. The minimum absolute atomic E-state index is 0.134. The number of para-hydroxylation sites is 1. The molecule has 0 unspecified atom stereocenters. The Morgan fingerprint density at radius 1 is 1.04 bits per heavy atom. The number of carbonyl (C=O) groups is 2.